The van der Waals surface area contributed by atoms with Gasteiger partial charge in [0.15, 0.2) is 0 Å². The van der Waals surface area contributed by atoms with Gasteiger partial charge in [-0.3, -0.25) is 4.90 Å². The Morgan fingerprint density at radius 1 is 1.53 bits per heavy atom. The van der Waals surface area contributed by atoms with Gasteiger partial charge < -0.3 is 5.32 Å². The first-order valence-corrected chi connectivity index (χ1v) is 6.00. The zero-order valence-electron chi connectivity index (χ0n) is 9.49. The third kappa shape index (κ3) is 3.93. The molecule has 0 unspecified atom stereocenters. The van der Waals surface area contributed by atoms with Crippen LogP contribution in [0.2, 0.25) is 10.4 Å². The smallest absolute Gasteiger partial charge is 0.223 e. The van der Waals surface area contributed by atoms with Crippen molar-refractivity contribution in [3.05, 3.63) is 22.2 Å². The van der Waals surface area contributed by atoms with E-state index in [-0.39, 0.29) is 17.7 Å². The van der Waals surface area contributed by atoms with Gasteiger partial charge in [-0.15, -0.1) is 12.4 Å². The molecule has 4 nitrogen and oxygen atoms in total. The van der Waals surface area contributed by atoms with E-state index in [1.807, 2.05) is 0 Å². The normalized spacial score (nSPS) is 19.4. The molecule has 1 atom stereocenters. The van der Waals surface area contributed by atoms with E-state index in [4.69, 9.17) is 23.2 Å². The standard InChI is InChI=1S/C10H14Cl2N4.ClH/c1-16(8-2-3-13-5-8)6-7-4-14-10(12)15-9(7)11;/h4,8,13H,2-3,5-6H2,1H3;1H/t8-;/m1./s1. The molecule has 1 saturated heterocycles. The average molecular weight is 298 g/mol. The summed E-state index contributed by atoms with van der Waals surface area (Å²) in [6.07, 6.45) is 2.86. The monoisotopic (exact) mass is 296 g/mol. The van der Waals surface area contributed by atoms with Crippen LogP contribution >= 0.6 is 35.6 Å². The summed E-state index contributed by atoms with van der Waals surface area (Å²) in [5.41, 5.74) is 0.917. The Hall–Kier alpha value is -0.130. The van der Waals surface area contributed by atoms with Crippen molar-refractivity contribution in [1.82, 2.24) is 20.2 Å². The summed E-state index contributed by atoms with van der Waals surface area (Å²) in [7, 11) is 2.09. The molecule has 0 radical (unpaired) electrons. The van der Waals surface area contributed by atoms with E-state index >= 15 is 0 Å². The lowest BCUT2D eigenvalue weighted by Gasteiger charge is -2.23. The van der Waals surface area contributed by atoms with Crippen LogP contribution in [0.5, 0.6) is 0 Å². The maximum atomic E-state index is 6.00. The summed E-state index contributed by atoms with van der Waals surface area (Å²) < 4.78 is 0. The average Bonchev–Trinajstić information content (AvgIpc) is 2.75. The number of likely N-dealkylation sites (N-methyl/N-ethyl adjacent to an activating group) is 1. The van der Waals surface area contributed by atoms with E-state index in [9.17, 15) is 0 Å². The molecule has 7 heteroatoms. The van der Waals surface area contributed by atoms with Crippen molar-refractivity contribution >= 4 is 35.6 Å². The third-order valence-electron chi connectivity index (χ3n) is 2.86. The number of aromatic nitrogens is 2. The van der Waals surface area contributed by atoms with E-state index in [1.165, 1.54) is 6.42 Å². The van der Waals surface area contributed by atoms with Crippen LogP contribution in [0.25, 0.3) is 0 Å². The predicted molar refractivity (Wildman–Crippen MR) is 72.0 cm³/mol. The lowest BCUT2D eigenvalue weighted by molar-refractivity contribution is 0.248. The molecule has 2 rings (SSSR count). The molecule has 0 amide bonds. The predicted octanol–water partition coefficient (Wildman–Crippen LogP) is 2.00. The molecule has 1 aliphatic rings. The summed E-state index contributed by atoms with van der Waals surface area (Å²) in [5, 5.41) is 3.97. The second kappa shape index (κ2) is 6.71. The molecule has 1 aliphatic heterocycles. The number of hydrogen-bond donors (Lipinski definition) is 1. The highest BCUT2D eigenvalue weighted by molar-refractivity contribution is 6.32. The third-order valence-corrected chi connectivity index (χ3v) is 3.37. The van der Waals surface area contributed by atoms with Crippen LogP contribution in [-0.2, 0) is 6.54 Å². The molecule has 2 heterocycles. The molecule has 1 aromatic rings. The molecule has 0 aliphatic carbocycles. The van der Waals surface area contributed by atoms with Gasteiger partial charge in [0.25, 0.3) is 0 Å². The highest BCUT2D eigenvalue weighted by Crippen LogP contribution is 2.17. The van der Waals surface area contributed by atoms with Gasteiger partial charge in [0.1, 0.15) is 5.15 Å². The number of hydrogen-bond acceptors (Lipinski definition) is 4. The lowest BCUT2D eigenvalue weighted by Crippen LogP contribution is -2.33. The first-order chi connectivity index (χ1) is 7.66. The fourth-order valence-electron chi connectivity index (χ4n) is 1.89. The zero-order chi connectivity index (χ0) is 11.5. The summed E-state index contributed by atoms with van der Waals surface area (Å²) in [4.78, 5) is 10.1. The van der Waals surface area contributed by atoms with Crippen LogP contribution in [0, 0.1) is 0 Å². The minimum Gasteiger partial charge on any atom is -0.315 e. The maximum absolute atomic E-state index is 6.00. The molecule has 0 saturated carbocycles. The molecule has 1 aromatic heterocycles. The quantitative estimate of drug-likeness (QED) is 0.684. The molecule has 0 aromatic carbocycles. The van der Waals surface area contributed by atoms with Crippen molar-refractivity contribution in [3.63, 3.8) is 0 Å². The zero-order valence-corrected chi connectivity index (χ0v) is 11.8. The van der Waals surface area contributed by atoms with Crippen LogP contribution < -0.4 is 5.32 Å². The molecule has 0 spiro atoms. The first-order valence-electron chi connectivity index (χ1n) is 5.24. The van der Waals surface area contributed by atoms with Gasteiger partial charge in [0.05, 0.1) is 0 Å². The second-order valence-electron chi connectivity index (χ2n) is 4.02. The van der Waals surface area contributed by atoms with E-state index in [1.54, 1.807) is 6.20 Å². The molecule has 96 valence electrons. The van der Waals surface area contributed by atoms with Crippen molar-refractivity contribution in [3.8, 4) is 0 Å². The van der Waals surface area contributed by atoms with Crippen molar-refractivity contribution in [2.75, 3.05) is 20.1 Å². The minimum atomic E-state index is 0. The summed E-state index contributed by atoms with van der Waals surface area (Å²) in [6.45, 7) is 2.87. The van der Waals surface area contributed by atoms with Gasteiger partial charge >= 0.3 is 0 Å². The Morgan fingerprint density at radius 2 is 2.29 bits per heavy atom. The first kappa shape index (κ1) is 14.9. The van der Waals surface area contributed by atoms with Crippen LogP contribution in [0.15, 0.2) is 6.20 Å². The molecule has 17 heavy (non-hydrogen) atoms. The van der Waals surface area contributed by atoms with Gasteiger partial charge in [0.2, 0.25) is 5.28 Å². The maximum Gasteiger partial charge on any atom is 0.223 e. The number of nitrogens with one attached hydrogen (secondary N) is 1. The van der Waals surface area contributed by atoms with Crippen LogP contribution in [0.3, 0.4) is 0 Å². The number of nitrogens with zero attached hydrogens (tertiary/aromatic N) is 3. The van der Waals surface area contributed by atoms with Crippen LogP contribution in [0.1, 0.15) is 12.0 Å². The van der Waals surface area contributed by atoms with Crippen molar-refractivity contribution < 1.29 is 0 Å². The van der Waals surface area contributed by atoms with E-state index in [0.717, 1.165) is 25.2 Å². The molecular weight excluding hydrogens is 282 g/mol. The van der Waals surface area contributed by atoms with Gasteiger partial charge in [-0.25, -0.2) is 9.97 Å². The number of halogens is 3. The van der Waals surface area contributed by atoms with Gasteiger partial charge in [-0.2, -0.15) is 0 Å². The Bertz CT molecular complexity index is 369. The molecular formula is C10H15Cl3N4. The second-order valence-corrected chi connectivity index (χ2v) is 4.71. The topological polar surface area (TPSA) is 41.1 Å². The van der Waals surface area contributed by atoms with Crippen LogP contribution in [-0.4, -0.2) is 41.0 Å². The minimum absolute atomic E-state index is 0. The van der Waals surface area contributed by atoms with Crippen molar-refractivity contribution in [2.45, 2.75) is 19.0 Å². The van der Waals surface area contributed by atoms with Crippen LogP contribution in [0.4, 0.5) is 0 Å². The molecule has 0 bridgehead atoms. The van der Waals surface area contributed by atoms with Gasteiger partial charge in [0, 0.05) is 30.9 Å². The van der Waals surface area contributed by atoms with Crippen molar-refractivity contribution in [1.29, 1.82) is 0 Å². The molecule has 1 N–H and O–H groups in total. The summed E-state index contributed by atoms with van der Waals surface area (Å²) in [5.74, 6) is 0. The molecule has 1 fully saturated rings. The highest BCUT2D eigenvalue weighted by Gasteiger charge is 2.20. The SMILES string of the molecule is CN(Cc1cnc(Cl)nc1Cl)[C@@H]1CCNC1.Cl. The van der Waals surface area contributed by atoms with Gasteiger partial charge in [-0.05, 0) is 31.6 Å². The van der Waals surface area contributed by atoms with E-state index < -0.39 is 0 Å². The Kier molecular flexibility index (Phi) is 5.89. The highest BCUT2D eigenvalue weighted by atomic mass is 35.5. The fraction of sp³-hybridized carbons (Fsp3) is 0.600. The Balaban J connectivity index is 0.00000144. The fourth-order valence-corrected chi connectivity index (χ4v) is 2.25. The van der Waals surface area contributed by atoms with E-state index in [2.05, 4.69) is 27.2 Å². The summed E-state index contributed by atoms with van der Waals surface area (Å²) in [6, 6.07) is 0.562. The Morgan fingerprint density at radius 3 is 2.88 bits per heavy atom. The van der Waals surface area contributed by atoms with E-state index in [0.29, 0.717) is 11.2 Å². The number of rotatable bonds is 3. The van der Waals surface area contributed by atoms with Crippen molar-refractivity contribution in [2.24, 2.45) is 0 Å². The lowest BCUT2D eigenvalue weighted by atomic mass is 10.2. The van der Waals surface area contributed by atoms with Gasteiger partial charge in [-0.1, -0.05) is 11.6 Å². The largest absolute Gasteiger partial charge is 0.315 e. The summed E-state index contributed by atoms with van der Waals surface area (Å²) >= 11 is 11.7. The Labute approximate surface area is 117 Å².